The van der Waals surface area contributed by atoms with E-state index in [1.165, 1.54) is 24.3 Å². The summed E-state index contributed by atoms with van der Waals surface area (Å²) in [5.74, 6) is -2.57. The van der Waals surface area contributed by atoms with Gasteiger partial charge in [-0.05, 0) is 24.3 Å². The van der Waals surface area contributed by atoms with Gasteiger partial charge in [0.05, 0.1) is 17.7 Å². The lowest BCUT2D eigenvalue weighted by atomic mass is 10.1. The summed E-state index contributed by atoms with van der Waals surface area (Å²) in [5.41, 5.74) is 6.46. The Hall–Kier alpha value is -2.76. The van der Waals surface area contributed by atoms with Crippen LogP contribution in [0.3, 0.4) is 0 Å². The van der Waals surface area contributed by atoms with E-state index < -0.39 is 23.4 Å². The fraction of sp³-hybridized carbons (Fsp3) is 0.0667. The number of nitrogens with zero attached hydrogens (tertiary/aromatic N) is 1. The van der Waals surface area contributed by atoms with E-state index in [9.17, 15) is 18.4 Å². The topological polar surface area (TPSA) is 63.4 Å². The molecule has 0 aliphatic carbocycles. The van der Waals surface area contributed by atoms with Gasteiger partial charge < -0.3 is 5.73 Å². The normalized spacial score (nSPS) is 13.7. The number of benzene rings is 2. The molecule has 1 heterocycles. The molecule has 106 valence electrons. The highest BCUT2D eigenvalue weighted by atomic mass is 19.1. The number of fused-ring (bicyclic) bond motifs is 1. The van der Waals surface area contributed by atoms with E-state index in [0.717, 1.165) is 11.0 Å². The average Bonchev–Trinajstić information content (AvgIpc) is 2.66. The van der Waals surface area contributed by atoms with Crippen LogP contribution in [0, 0.1) is 11.6 Å². The van der Waals surface area contributed by atoms with Crippen LogP contribution in [-0.2, 0) is 6.54 Å². The number of halogens is 2. The number of hydrogen-bond acceptors (Lipinski definition) is 3. The Bertz CT molecular complexity index is 774. The van der Waals surface area contributed by atoms with Gasteiger partial charge in [-0.1, -0.05) is 6.07 Å². The summed E-state index contributed by atoms with van der Waals surface area (Å²) >= 11 is 0. The second kappa shape index (κ2) is 4.66. The Morgan fingerprint density at radius 2 is 1.67 bits per heavy atom. The number of rotatable bonds is 2. The van der Waals surface area contributed by atoms with Crippen LogP contribution in [0.25, 0.3) is 0 Å². The Balaban J connectivity index is 1.95. The summed E-state index contributed by atoms with van der Waals surface area (Å²) in [6, 6.07) is 7.40. The van der Waals surface area contributed by atoms with E-state index in [2.05, 4.69) is 0 Å². The molecule has 21 heavy (non-hydrogen) atoms. The highest BCUT2D eigenvalue weighted by molar-refractivity contribution is 6.21. The number of imide groups is 1. The molecule has 0 atom stereocenters. The fourth-order valence-electron chi connectivity index (χ4n) is 2.27. The first-order chi connectivity index (χ1) is 9.97. The molecular formula is C15H10F2N2O2. The number of anilines is 1. The van der Waals surface area contributed by atoms with Crippen LogP contribution in [-0.4, -0.2) is 16.7 Å². The molecule has 1 aliphatic rings. The van der Waals surface area contributed by atoms with Gasteiger partial charge in [-0.3, -0.25) is 14.5 Å². The van der Waals surface area contributed by atoms with Crippen molar-refractivity contribution in [1.29, 1.82) is 0 Å². The first-order valence-corrected chi connectivity index (χ1v) is 6.17. The smallest absolute Gasteiger partial charge is 0.261 e. The van der Waals surface area contributed by atoms with Crippen LogP contribution in [0.15, 0.2) is 36.4 Å². The third-order valence-corrected chi connectivity index (χ3v) is 3.34. The van der Waals surface area contributed by atoms with Crippen molar-refractivity contribution in [2.24, 2.45) is 0 Å². The number of carbonyl (C=O) groups is 2. The van der Waals surface area contributed by atoms with E-state index in [1.807, 2.05) is 0 Å². The maximum atomic E-state index is 13.6. The van der Waals surface area contributed by atoms with Crippen molar-refractivity contribution >= 4 is 17.5 Å². The van der Waals surface area contributed by atoms with Gasteiger partial charge in [0.15, 0.2) is 0 Å². The Morgan fingerprint density at radius 1 is 0.952 bits per heavy atom. The van der Waals surface area contributed by atoms with Gasteiger partial charge in [-0.2, -0.15) is 0 Å². The van der Waals surface area contributed by atoms with Gasteiger partial charge in [-0.25, -0.2) is 8.78 Å². The van der Waals surface area contributed by atoms with Crippen molar-refractivity contribution < 1.29 is 18.4 Å². The van der Waals surface area contributed by atoms with E-state index in [1.54, 1.807) is 0 Å². The monoisotopic (exact) mass is 288 g/mol. The minimum atomic E-state index is -0.800. The predicted molar refractivity (Wildman–Crippen MR) is 71.4 cm³/mol. The van der Waals surface area contributed by atoms with E-state index >= 15 is 0 Å². The summed E-state index contributed by atoms with van der Waals surface area (Å²) in [4.78, 5) is 25.3. The number of amides is 2. The molecule has 2 aromatic rings. The molecule has 0 saturated heterocycles. The summed E-state index contributed by atoms with van der Waals surface area (Å²) in [6.45, 7) is -0.252. The third-order valence-electron chi connectivity index (χ3n) is 3.34. The zero-order valence-corrected chi connectivity index (χ0v) is 10.8. The standard InChI is InChI=1S/C15H10F2N2O2/c16-9-2-1-8(13(17)5-9)7-19-14(20)11-4-3-10(18)6-12(11)15(19)21/h1-6H,7,18H2. The van der Waals surface area contributed by atoms with Gasteiger partial charge in [-0.15, -0.1) is 0 Å². The number of nitrogen functional groups attached to an aromatic ring is 1. The SMILES string of the molecule is Nc1ccc2c(c1)C(=O)N(Cc1ccc(F)cc1F)C2=O. The van der Waals surface area contributed by atoms with Gasteiger partial charge >= 0.3 is 0 Å². The second-order valence-corrected chi connectivity index (χ2v) is 4.74. The van der Waals surface area contributed by atoms with Crippen molar-refractivity contribution in [3.05, 3.63) is 64.7 Å². The molecule has 4 nitrogen and oxygen atoms in total. The first kappa shape index (κ1) is 13.2. The summed E-state index contributed by atoms with van der Waals surface area (Å²) in [7, 11) is 0. The minimum absolute atomic E-state index is 0.0684. The van der Waals surface area contributed by atoms with E-state index in [-0.39, 0.29) is 23.2 Å². The first-order valence-electron chi connectivity index (χ1n) is 6.17. The van der Waals surface area contributed by atoms with Crippen LogP contribution in [0.1, 0.15) is 26.3 Å². The zero-order chi connectivity index (χ0) is 15.1. The highest BCUT2D eigenvalue weighted by Crippen LogP contribution is 2.26. The molecule has 1 aliphatic heterocycles. The zero-order valence-electron chi connectivity index (χ0n) is 10.8. The molecule has 3 rings (SSSR count). The minimum Gasteiger partial charge on any atom is -0.399 e. The second-order valence-electron chi connectivity index (χ2n) is 4.74. The van der Waals surface area contributed by atoms with Gasteiger partial charge in [0.1, 0.15) is 11.6 Å². The quantitative estimate of drug-likeness (QED) is 0.681. The predicted octanol–water partition coefficient (Wildman–Crippen LogP) is 2.34. The summed E-state index contributed by atoms with van der Waals surface area (Å²) in [5, 5.41) is 0. The van der Waals surface area contributed by atoms with Crippen molar-refractivity contribution in [2.75, 3.05) is 5.73 Å². The molecule has 2 aromatic carbocycles. The largest absolute Gasteiger partial charge is 0.399 e. The Morgan fingerprint density at radius 3 is 2.38 bits per heavy atom. The molecule has 0 saturated carbocycles. The lowest BCUT2D eigenvalue weighted by Gasteiger charge is -2.14. The number of carbonyl (C=O) groups excluding carboxylic acids is 2. The van der Waals surface area contributed by atoms with Crippen LogP contribution >= 0.6 is 0 Å². The van der Waals surface area contributed by atoms with E-state index in [0.29, 0.717) is 11.8 Å². The number of hydrogen-bond donors (Lipinski definition) is 1. The average molecular weight is 288 g/mol. The summed E-state index contributed by atoms with van der Waals surface area (Å²) < 4.78 is 26.5. The maximum absolute atomic E-state index is 13.6. The van der Waals surface area contributed by atoms with Gasteiger partial charge in [0.25, 0.3) is 11.8 Å². The number of nitrogens with two attached hydrogens (primary N) is 1. The fourth-order valence-corrected chi connectivity index (χ4v) is 2.27. The Labute approximate surface area is 118 Å². The lowest BCUT2D eigenvalue weighted by Crippen LogP contribution is -2.29. The maximum Gasteiger partial charge on any atom is 0.261 e. The third kappa shape index (κ3) is 2.14. The molecule has 0 aromatic heterocycles. The van der Waals surface area contributed by atoms with Crippen LogP contribution in [0.4, 0.5) is 14.5 Å². The Kier molecular flexibility index (Phi) is 2.94. The molecule has 6 heteroatoms. The molecule has 0 bridgehead atoms. The molecular weight excluding hydrogens is 278 g/mol. The molecule has 2 N–H and O–H groups in total. The van der Waals surface area contributed by atoms with Crippen molar-refractivity contribution in [2.45, 2.75) is 6.54 Å². The van der Waals surface area contributed by atoms with Crippen molar-refractivity contribution in [3.63, 3.8) is 0 Å². The van der Waals surface area contributed by atoms with Gasteiger partial charge in [0, 0.05) is 17.3 Å². The lowest BCUT2D eigenvalue weighted by molar-refractivity contribution is 0.0641. The van der Waals surface area contributed by atoms with Gasteiger partial charge in [0.2, 0.25) is 0 Å². The summed E-state index contributed by atoms with van der Waals surface area (Å²) in [6.07, 6.45) is 0. The molecule has 0 fully saturated rings. The molecule has 0 unspecified atom stereocenters. The highest BCUT2D eigenvalue weighted by Gasteiger charge is 2.35. The molecule has 0 spiro atoms. The van der Waals surface area contributed by atoms with Crippen LogP contribution < -0.4 is 5.73 Å². The van der Waals surface area contributed by atoms with E-state index in [4.69, 9.17) is 5.73 Å². The molecule has 2 amide bonds. The van der Waals surface area contributed by atoms with Crippen molar-refractivity contribution in [1.82, 2.24) is 4.90 Å². The van der Waals surface area contributed by atoms with Crippen molar-refractivity contribution in [3.8, 4) is 0 Å². The van der Waals surface area contributed by atoms with Crippen LogP contribution in [0.5, 0.6) is 0 Å². The van der Waals surface area contributed by atoms with Crippen LogP contribution in [0.2, 0.25) is 0 Å². The molecule has 0 radical (unpaired) electrons.